The summed E-state index contributed by atoms with van der Waals surface area (Å²) in [7, 11) is 0. The van der Waals surface area contributed by atoms with Crippen molar-refractivity contribution in [1.29, 1.82) is 0 Å². The van der Waals surface area contributed by atoms with E-state index in [4.69, 9.17) is 9.47 Å². The first-order valence-corrected chi connectivity index (χ1v) is 13.1. The van der Waals surface area contributed by atoms with Crippen LogP contribution in [0.1, 0.15) is 138 Å². The smallest absolute Gasteiger partial charge is 0.338 e. The topological polar surface area (TPSA) is 52.6 Å². The molecule has 0 spiro atoms. The second-order valence-electron chi connectivity index (χ2n) is 8.85. The number of ether oxygens (including phenoxy) is 2. The molecular weight excluding hydrogens is 400 g/mol. The normalized spacial score (nSPS) is 11.0. The van der Waals surface area contributed by atoms with Crippen molar-refractivity contribution in [1.82, 2.24) is 0 Å². The van der Waals surface area contributed by atoms with Gasteiger partial charge < -0.3 is 9.47 Å². The molecule has 182 valence electrons. The number of esters is 2. The van der Waals surface area contributed by atoms with Gasteiger partial charge in [-0.3, -0.25) is 0 Å². The van der Waals surface area contributed by atoms with E-state index < -0.39 is 0 Å². The molecule has 0 aromatic heterocycles. The summed E-state index contributed by atoms with van der Waals surface area (Å²) in [6.07, 6.45) is 17.7. The van der Waals surface area contributed by atoms with Crippen LogP contribution >= 0.6 is 0 Å². The fourth-order valence-electron chi connectivity index (χ4n) is 3.88. The van der Waals surface area contributed by atoms with Crippen LogP contribution in [0.2, 0.25) is 0 Å². The number of carbonyl (C=O) groups is 2. The minimum atomic E-state index is -0.327. The van der Waals surface area contributed by atoms with Crippen LogP contribution in [0.4, 0.5) is 0 Å². The fraction of sp³-hybridized carbons (Fsp3) is 0.714. The molecule has 0 saturated carbocycles. The SMILES string of the molecule is CCCCCCCCCCCCCOC(=O)c1ccc(C(=O)OC(CCC)CCC)cc1. The largest absolute Gasteiger partial charge is 0.462 e. The average Bonchev–Trinajstić information content (AvgIpc) is 2.80. The molecule has 0 atom stereocenters. The first-order valence-electron chi connectivity index (χ1n) is 13.1. The second kappa shape index (κ2) is 18.7. The van der Waals surface area contributed by atoms with E-state index in [0.29, 0.717) is 17.7 Å². The van der Waals surface area contributed by atoms with Crippen LogP contribution in [0, 0.1) is 0 Å². The predicted octanol–water partition coefficient (Wildman–Crippen LogP) is 8.28. The van der Waals surface area contributed by atoms with Crippen LogP contribution in [0.25, 0.3) is 0 Å². The Morgan fingerprint density at radius 3 is 1.53 bits per heavy atom. The third kappa shape index (κ3) is 12.9. The zero-order valence-corrected chi connectivity index (χ0v) is 20.8. The molecule has 4 heteroatoms. The van der Waals surface area contributed by atoms with E-state index in [1.807, 2.05) is 0 Å². The van der Waals surface area contributed by atoms with Gasteiger partial charge in [-0.2, -0.15) is 0 Å². The third-order valence-corrected chi connectivity index (χ3v) is 5.83. The Morgan fingerprint density at radius 2 is 1.06 bits per heavy atom. The van der Waals surface area contributed by atoms with Crippen LogP contribution in [0.5, 0.6) is 0 Å². The average molecular weight is 447 g/mol. The molecule has 0 amide bonds. The van der Waals surface area contributed by atoms with Gasteiger partial charge in [0.1, 0.15) is 6.10 Å². The van der Waals surface area contributed by atoms with Gasteiger partial charge in [-0.05, 0) is 43.5 Å². The predicted molar refractivity (Wildman–Crippen MR) is 132 cm³/mol. The van der Waals surface area contributed by atoms with Crippen molar-refractivity contribution in [3.63, 3.8) is 0 Å². The van der Waals surface area contributed by atoms with Crippen molar-refractivity contribution in [2.75, 3.05) is 6.61 Å². The van der Waals surface area contributed by atoms with Gasteiger partial charge >= 0.3 is 11.9 Å². The zero-order valence-electron chi connectivity index (χ0n) is 20.8. The van der Waals surface area contributed by atoms with Crippen LogP contribution < -0.4 is 0 Å². The Kier molecular flexibility index (Phi) is 16.5. The molecule has 1 rings (SSSR count). The van der Waals surface area contributed by atoms with Crippen molar-refractivity contribution in [2.45, 2.75) is 123 Å². The monoisotopic (exact) mass is 446 g/mol. The lowest BCUT2D eigenvalue weighted by Gasteiger charge is -2.16. The van der Waals surface area contributed by atoms with Gasteiger partial charge in [0.25, 0.3) is 0 Å². The summed E-state index contributed by atoms with van der Waals surface area (Å²) in [4.78, 5) is 24.6. The van der Waals surface area contributed by atoms with Crippen LogP contribution in [0.15, 0.2) is 24.3 Å². The summed E-state index contributed by atoms with van der Waals surface area (Å²) < 4.78 is 11.0. The Morgan fingerprint density at radius 1 is 0.625 bits per heavy atom. The van der Waals surface area contributed by atoms with Crippen molar-refractivity contribution in [3.05, 3.63) is 35.4 Å². The number of rotatable bonds is 19. The minimum Gasteiger partial charge on any atom is -0.462 e. The van der Waals surface area contributed by atoms with Crippen LogP contribution in [-0.2, 0) is 9.47 Å². The van der Waals surface area contributed by atoms with Gasteiger partial charge in [0.2, 0.25) is 0 Å². The molecule has 0 aliphatic rings. The quantitative estimate of drug-likeness (QED) is 0.158. The summed E-state index contributed by atoms with van der Waals surface area (Å²) in [5, 5.41) is 0. The van der Waals surface area contributed by atoms with Gasteiger partial charge in [0.15, 0.2) is 0 Å². The maximum atomic E-state index is 12.3. The highest BCUT2D eigenvalue weighted by Crippen LogP contribution is 2.15. The molecule has 0 saturated heterocycles. The molecular formula is C28H46O4. The lowest BCUT2D eigenvalue weighted by Crippen LogP contribution is -2.18. The number of benzene rings is 1. The van der Waals surface area contributed by atoms with E-state index in [1.54, 1.807) is 24.3 Å². The molecule has 4 nitrogen and oxygen atoms in total. The van der Waals surface area contributed by atoms with E-state index in [0.717, 1.165) is 38.5 Å². The molecule has 0 fully saturated rings. The summed E-state index contributed by atoms with van der Waals surface area (Å²) >= 11 is 0. The molecule has 0 aliphatic carbocycles. The standard InChI is InChI=1S/C28H46O4/c1-4-7-8-9-10-11-12-13-14-15-16-23-31-27(29)24-19-21-25(22-20-24)28(30)32-26(17-5-2)18-6-3/h19-22,26H,4-18,23H2,1-3H3. The Hall–Kier alpha value is -1.84. The highest BCUT2D eigenvalue weighted by atomic mass is 16.5. The van der Waals surface area contributed by atoms with E-state index in [2.05, 4.69) is 20.8 Å². The summed E-state index contributed by atoms with van der Waals surface area (Å²) in [6, 6.07) is 6.59. The second-order valence-corrected chi connectivity index (χ2v) is 8.85. The lowest BCUT2D eigenvalue weighted by molar-refractivity contribution is 0.0257. The van der Waals surface area contributed by atoms with Crippen molar-refractivity contribution >= 4 is 11.9 Å². The summed E-state index contributed by atoms with van der Waals surface area (Å²) in [5.41, 5.74) is 0.951. The third-order valence-electron chi connectivity index (χ3n) is 5.83. The molecule has 0 heterocycles. The fourth-order valence-corrected chi connectivity index (χ4v) is 3.88. The molecule has 0 bridgehead atoms. The number of unbranched alkanes of at least 4 members (excludes halogenated alkanes) is 10. The Balaban J connectivity index is 2.19. The van der Waals surface area contributed by atoms with Gasteiger partial charge in [-0.1, -0.05) is 97.8 Å². The van der Waals surface area contributed by atoms with Gasteiger partial charge in [-0.15, -0.1) is 0 Å². The first kappa shape index (κ1) is 28.2. The van der Waals surface area contributed by atoms with Gasteiger partial charge in [0, 0.05) is 0 Å². The number of hydrogen-bond acceptors (Lipinski definition) is 4. The van der Waals surface area contributed by atoms with E-state index >= 15 is 0 Å². The molecule has 0 N–H and O–H groups in total. The lowest BCUT2D eigenvalue weighted by atomic mass is 10.1. The van der Waals surface area contributed by atoms with Gasteiger partial charge in [-0.25, -0.2) is 9.59 Å². The van der Waals surface area contributed by atoms with Crippen LogP contribution in [0.3, 0.4) is 0 Å². The van der Waals surface area contributed by atoms with E-state index in [-0.39, 0.29) is 18.0 Å². The van der Waals surface area contributed by atoms with Crippen molar-refractivity contribution in [2.24, 2.45) is 0 Å². The number of hydrogen-bond donors (Lipinski definition) is 0. The Bertz CT molecular complexity index is 602. The highest BCUT2D eigenvalue weighted by molar-refractivity contribution is 5.93. The molecule has 0 unspecified atom stereocenters. The van der Waals surface area contributed by atoms with Gasteiger partial charge in [0.05, 0.1) is 17.7 Å². The minimum absolute atomic E-state index is 0.0343. The highest BCUT2D eigenvalue weighted by Gasteiger charge is 2.15. The maximum Gasteiger partial charge on any atom is 0.338 e. The van der Waals surface area contributed by atoms with Crippen molar-refractivity contribution < 1.29 is 19.1 Å². The molecule has 32 heavy (non-hydrogen) atoms. The maximum absolute atomic E-state index is 12.3. The van der Waals surface area contributed by atoms with Crippen molar-refractivity contribution in [3.8, 4) is 0 Å². The number of carbonyl (C=O) groups excluding carboxylic acids is 2. The van der Waals surface area contributed by atoms with E-state index in [1.165, 1.54) is 57.8 Å². The zero-order chi connectivity index (χ0) is 23.4. The van der Waals surface area contributed by atoms with E-state index in [9.17, 15) is 9.59 Å². The first-order chi connectivity index (χ1) is 15.6. The molecule has 1 aromatic rings. The van der Waals surface area contributed by atoms with Crippen LogP contribution in [-0.4, -0.2) is 24.6 Å². The molecule has 1 aromatic carbocycles. The Labute approximate surface area is 196 Å². The summed E-state index contributed by atoms with van der Waals surface area (Å²) in [6.45, 7) is 6.89. The molecule has 0 aliphatic heterocycles. The summed E-state index contributed by atoms with van der Waals surface area (Å²) in [5.74, 6) is -0.649. The molecule has 0 radical (unpaired) electrons.